The zero-order valence-electron chi connectivity index (χ0n) is 8.63. The largest absolute Gasteiger partial charge is 0.328 e. The van der Waals surface area contributed by atoms with Crippen molar-refractivity contribution in [3.63, 3.8) is 0 Å². The molecule has 15 heavy (non-hydrogen) atoms. The Labute approximate surface area is 88.5 Å². The average Bonchev–Trinajstić information content (AvgIpc) is 2.27. The highest BCUT2D eigenvalue weighted by Gasteiger charge is 2.27. The lowest BCUT2D eigenvalue weighted by molar-refractivity contribution is -0.134. The summed E-state index contributed by atoms with van der Waals surface area (Å²) >= 11 is 0. The second kappa shape index (κ2) is 3.86. The molecule has 2 aliphatic rings. The Hall–Kier alpha value is -1.62. The molecule has 2 aliphatic heterocycles. The first-order chi connectivity index (χ1) is 7.22. The lowest BCUT2D eigenvalue weighted by Crippen LogP contribution is -2.49. The van der Waals surface area contributed by atoms with E-state index in [0.717, 1.165) is 5.84 Å². The number of hydrogen-bond acceptors (Lipinski definition) is 4. The summed E-state index contributed by atoms with van der Waals surface area (Å²) in [4.78, 5) is 13.5. The second-order valence-corrected chi connectivity index (χ2v) is 3.61. The van der Waals surface area contributed by atoms with Gasteiger partial charge in [0.25, 0.3) is 5.91 Å². The first-order valence-corrected chi connectivity index (χ1v) is 4.94. The lowest BCUT2D eigenvalue weighted by Gasteiger charge is -2.33. The van der Waals surface area contributed by atoms with Crippen LogP contribution in [-0.4, -0.2) is 40.8 Å². The lowest BCUT2D eigenvalue weighted by atomic mass is 10.2. The van der Waals surface area contributed by atoms with Crippen molar-refractivity contribution in [3.05, 3.63) is 24.4 Å². The van der Waals surface area contributed by atoms with Gasteiger partial charge in [0.05, 0.1) is 6.04 Å². The van der Waals surface area contributed by atoms with Crippen molar-refractivity contribution in [2.75, 3.05) is 13.1 Å². The molecule has 0 aliphatic carbocycles. The van der Waals surface area contributed by atoms with Gasteiger partial charge >= 0.3 is 0 Å². The summed E-state index contributed by atoms with van der Waals surface area (Å²) in [5, 5.41) is 5.73. The van der Waals surface area contributed by atoms with Crippen LogP contribution < -0.4 is 5.73 Å². The molecule has 2 heterocycles. The van der Waals surface area contributed by atoms with Crippen molar-refractivity contribution in [3.8, 4) is 0 Å². The number of nitrogens with two attached hydrogens (primary N) is 1. The monoisotopic (exact) mass is 206 g/mol. The number of allylic oxidation sites excluding steroid dienone is 2. The Morgan fingerprint density at radius 1 is 1.60 bits per heavy atom. The minimum Gasteiger partial charge on any atom is -0.328 e. The van der Waals surface area contributed by atoms with Gasteiger partial charge in [0.1, 0.15) is 6.54 Å². The molecular formula is C10H14N4O. The van der Waals surface area contributed by atoms with Gasteiger partial charge in [-0.1, -0.05) is 6.08 Å². The molecule has 80 valence electrons. The molecule has 1 atom stereocenters. The fourth-order valence-corrected chi connectivity index (χ4v) is 1.52. The number of hydrogen-bond donors (Lipinski definition) is 1. The molecule has 0 saturated heterocycles. The summed E-state index contributed by atoms with van der Waals surface area (Å²) in [5.41, 5.74) is 5.52. The summed E-state index contributed by atoms with van der Waals surface area (Å²) in [5.74, 6) is 0.772. The van der Waals surface area contributed by atoms with Gasteiger partial charge in [-0.25, -0.2) is 5.01 Å². The second-order valence-electron chi connectivity index (χ2n) is 3.61. The quantitative estimate of drug-likeness (QED) is 0.685. The smallest absolute Gasteiger partial charge is 0.262 e. The van der Waals surface area contributed by atoms with E-state index in [1.54, 1.807) is 0 Å². The third-order valence-electron chi connectivity index (χ3n) is 2.45. The Balaban J connectivity index is 2.25. The zero-order valence-corrected chi connectivity index (χ0v) is 8.63. The maximum atomic E-state index is 11.7. The van der Waals surface area contributed by atoms with Crippen molar-refractivity contribution in [1.82, 2.24) is 9.91 Å². The van der Waals surface area contributed by atoms with Crippen LogP contribution in [-0.2, 0) is 4.79 Å². The maximum Gasteiger partial charge on any atom is 0.262 e. The number of amidine groups is 1. The highest BCUT2D eigenvalue weighted by atomic mass is 16.2. The third-order valence-corrected chi connectivity index (χ3v) is 2.45. The van der Waals surface area contributed by atoms with Crippen LogP contribution in [0, 0.1) is 0 Å². The number of fused-ring (bicyclic) bond motifs is 1. The molecule has 0 fully saturated rings. The van der Waals surface area contributed by atoms with E-state index in [4.69, 9.17) is 5.73 Å². The molecule has 0 spiro atoms. The molecule has 1 unspecified atom stereocenters. The third kappa shape index (κ3) is 1.78. The van der Waals surface area contributed by atoms with E-state index < -0.39 is 0 Å². The van der Waals surface area contributed by atoms with Gasteiger partial charge in [0.15, 0.2) is 5.84 Å². The number of carbonyl (C=O) groups is 1. The normalized spacial score (nSPS) is 21.5. The topological polar surface area (TPSA) is 61.9 Å². The predicted octanol–water partition coefficient (Wildman–Crippen LogP) is -0.125. The SMILES string of the molecule is CC(CN)N1N=C2C=CC=CN2CC1=O. The number of nitrogens with zero attached hydrogens (tertiary/aromatic N) is 3. The minimum atomic E-state index is -0.0496. The van der Waals surface area contributed by atoms with E-state index in [1.165, 1.54) is 5.01 Å². The average molecular weight is 206 g/mol. The number of carbonyl (C=O) groups excluding carboxylic acids is 1. The first-order valence-electron chi connectivity index (χ1n) is 4.94. The van der Waals surface area contributed by atoms with E-state index >= 15 is 0 Å². The van der Waals surface area contributed by atoms with Crippen LogP contribution in [0.3, 0.4) is 0 Å². The number of hydrazone groups is 1. The van der Waals surface area contributed by atoms with Gasteiger partial charge in [-0.05, 0) is 19.1 Å². The molecule has 2 rings (SSSR count). The van der Waals surface area contributed by atoms with Gasteiger partial charge in [-0.15, -0.1) is 0 Å². The highest BCUT2D eigenvalue weighted by Crippen LogP contribution is 2.13. The molecule has 0 aromatic rings. The van der Waals surface area contributed by atoms with Crippen molar-refractivity contribution in [2.24, 2.45) is 10.8 Å². The summed E-state index contributed by atoms with van der Waals surface area (Å²) in [6.45, 7) is 2.64. The van der Waals surface area contributed by atoms with Crippen LogP contribution in [0.15, 0.2) is 29.5 Å². The van der Waals surface area contributed by atoms with Gasteiger partial charge in [0, 0.05) is 12.7 Å². The van der Waals surface area contributed by atoms with Gasteiger partial charge in [0.2, 0.25) is 0 Å². The Bertz CT molecular complexity index is 358. The molecule has 0 radical (unpaired) electrons. The van der Waals surface area contributed by atoms with Crippen LogP contribution in [0.2, 0.25) is 0 Å². The van der Waals surface area contributed by atoms with Gasteiger partial charge in [-0.3, -0.25) is 4.79 Å². The van der Waals surface area contributed by atoms with E-state index in [0.29, 0.717) is 13.1 Å². The standard InChI is InChI=1S/C10H14N4O/c1-8(6-11)14-10(15)7-13-5-3-2-4-9(13)12-14/h2-5,8H,6-7,11H2,1H3. The van der Waals surface area contributed by atoms with Crippen molar-refractivity contribution in [1.29, 1.82) is 0 Å². The van der Waals surface area contributed by atoms with Gasteiger partial charge in [-0.2, -0.15) is 5.10 Å². The molecule has 0 aromatic heterocycles. The van der Waals surface area contributed by atoms with Crippen LogP contribution >= 0.6 is 0 Å². The van der Waals surface area contributed by atoms with E-state index in [1.807, 2.05) is 36.3 Å². The molecule has 2 N–H and O–H groups in total. The number of rotatable bonds is 2. The number of amides is 1. The summed E-state index contributed by atoms with van der Waals surface area (Å²) in [7, 11) is 0. The van der Waals surface area contributed by atoms with Crippen LogP contribution in [0.5, 0.6) is 0 Å². The summed E-state index contributed by atoms with van der Waals surface area (Å²) in [6, 6.07) is -0.0496. The maximum absolute atomic E-state index is 11.7. The Kier molecular flexibility index (Phi) is 2.55. The van der Waals surface area contributed by atoms with E-state index in [9.17, 15) is 4.79 Å². The molecular weight excluding hydrogens is 192 g/mol. The Morgan fingerprint density at radius 3 is 3.13 bits per heavy atom. The molecule has 0 saturated carbocycles. The zero-order chi connectivity index (χ0) is 10.8. The molecule has 1 amide bonds. The van der Waals surface area contributed by atoms with E-state index in [2.05, 4.69) is 5.10 Å². The summed E-state index contributed by atoms with van der Waals surface area (Å²) < 4.78 is 0. The Morgan fingerprint density at radius 2 is 2.40 bits per heavy atom. The van der Waals surface area contributed by atoms with Crippen LogP contribution in [0.1, 0.15) is 6.92 Å². The van der Waals surface area contributed by atoms with Crippen molar-refractivity contribution in [2.45, 2.75) is 13.0 Å². The molecule has 0 aromatic carbocycles. The van der Waals surface area contributed by atoms with Crippen LogP contribution in [0.25, 0.3) is 0 Å². The molecule has 0 bridgehead atoms. The van der Waals surface area contributed by atoms with Crippen molar-refractivity contribution >= 4 is 11.7 Å². The van der Waals surface area contributed by atoms with Crippen molar-refractivity contribution < 1.29 is 4.79 Å². The fraction of sp³-hybridized carbons (Fsp3) is 0.400. The first kappa shape index (κ1) is 9.92. The fourth-order valence-electron chi connectivity index (χ4n) is 1.52. The predicted molar refractivity (Wildman–Crippen MR) is 57.8 cm³/mol. The van der Waals surface area contributed by atoms with Gasteiger partial charge < -0.3 is 10.6 Å². The summed E-state index contributed by atoms with van der Waals surface area (Å²) in [6.07, 6.45) is 7.51. The molecule has 5 heteroatoms. The molecule has 5 nitrogen and oxygen atoms in total. The highest BCUT2D eigenvalue weighted by molar-refractivity contribution is 6.00. The van der Waals surface area contributed by atoms with Crippen LogP contribution in [0.4, 0.5) is 0 Å². The minimum absolute atomic E-state index is 0.0170. The van der Waals surface area contributed by atoms with E-state index in [-0.39, 0.29) is 11.9 Å².